The number of benzene rings is 1. The fourth-order valence-electron chi connectivity index (χ4n) is 2.04. The first-order valence-corrected chi connectivity index (χ1v) is 7.69. The van der Waals surface area contributed by atoms with Crippen molar-refractivity contribution < 1.29 is 9.47 Å². The molecule has 1 aromatic carbocycles. The maximum absolute atomic E-state index is 5.82. The van der Waals surface area contributed by atoms with Gasteiger partial charge in [-0.05, 0) is 53.4 Å². The largest absolute Gasteiger partial charge is 0.493 e. The Bertz CT molecular complexity index is 523. The molecule has 4 heteroatoms. The molecule has 0 radical (unpaired) electrons. The molecule has 0 amide bonds. The lowest BCUT2D eigenvalue weighted by atomic mass is 10.1. The Hall–Kier alpha value is -1.52. The average molecular weight is 291 g/mol. The van der Waals surface area contributed by atoms with Crippen LogP contribution in [-0.2, 0) is 12.8 Å². The van der Waals surface area contributed by atoms with Crippen LogP contribution in [0.4, 0.5) is 0 Å². The van der Waals surface area contributed by atoms with E-state index >= 15 is 0 Å². The number of hydrogen-bond donors (Lipinski definition) is 1. The van der Waals surface area contributed by atoms with Gasteiger partial charge in [-0.3, -0.25) is 0 Å². The van der Waals surface area contributed by atoms with E-state index in [1.54, 1.807) is 18.4 Å². The summed E-state index contributed by atoms with van der Waals surface area (Å²) in [6.45, 7) is 2.65. The quantitative estimate of drug-likeness (QED) is 0.851. The number of thiophene rings is 1. The molecule has 0 spiro atoms. The number of nitrogens with two attached hydrogens (primary N) is 1. The van der Waals surface area contributed by atoms with Crippen LogP contribution in [0, 0.1) is 0 Å². The van der Waals surface area contributed by atoms with E-state index in [0.717, 1.165) is 24.3 Å². The van der Waals surface area contributed by atoms with E-state index in [0.29, 0.717) is 6.61 Å². The van der Waals surface area contributed by atoms with Crippen LogP contribution >= 0.6 is 11.3 Å². The van der Waals surface area contributed by atoms with Crippen LogP contribution in [0.15, 0.2) is 35.0 Å². The SMILES string of the molecule is COc1cc(CC(C)N)ccc1OCCc1ccsc1. The molecule has 0 saturated heterocycles. The van der Waals surface area contributed by atoms with Crippen LogP contribution in [0.25, 0.3) is 0 Å². The molecule has 0 saturated carbocycles. The van der Waals surface area contributed by atoms with E-state index < -0.39 is 0 Å². The van der Waals surface area contributed by atoms with Crippen molar-refractivity contribution in [3.63, 3.8) is 0 Å². The molecule has 1 aromatic heterocycles. The Morgan fingerprint density at radius 2 is 2.05 bits per heavy atom. The monoisotopic (exact) mass is 291 g/mol. The highest BCUT2D eigenvalue weighted by molar-refractivity contribution is 7.07. The normalized spacial score (nSPS) is 12.2. The highest BCUT2D eigenvalue weighted by atomic mass is 32.1. The number of methoxy groups -OCH3 is 1. The Morgan fingerprint density at radius 3 is 2.70 bits per heavy atom. The lowest BCUT2D eigenvalue weighted by Crippen LogP contribution is -2.17. The highest BCUT2D eigenvalue weighted by Crippen LogP contribution is 2.28. The Kier molecular flexibility index (Phi) is 5.44. The second-order valence-corrected chi connectivity index (χ2v) is 5.68. The molecule has 20 heavy (non-hydrogen) atoms. The lowest BCUT2D eigenvalue weighted by Gasteiger charge is -2.13. The minimum Gasteiger partial charge on any atom is -0.493 e. The van der Waals surface area contributed by atoms with Crippen LogP contribution in [0.1, 0.15) is 18.1 Å². The molecular formula is C16H21NO2S. The van der Waals surface area contributed by atoms with Gasteiger partial charge in [-0.1, -0.05) is 6.07 Å². The van der Waals surface area contributed by atoms with Crippen LogP contribution < -0.4 is 15.2 Å². The minimum atomic E-state index is 0.144. The first-order valence-electron chi connectivity index (χ1n) is 6.75. The standard InChI is InChI=1S/C16H21NO2S/c1-12(17)9-14-3-4-15(16(10-14)18-2)19-7-5-13-6-8-20-11-13/h3-4,6,8,10-12H,5,7,9,17H2,1-2H3. The van der Waals surface area contributed by atoms with E-state index in [9.17, 15) is 0 Å². The predicted octanol–water partition coefficient (Wildman–Crippen LogP) is 3.27. The van der Waals surface area contributed by atoms with E-state index in [4.69, 9.17) is 15.2 Å². The van der Waals surface area contributed by atoms with Crippen molar-refractivity contribution in [1.82, 2.24) is 0 Å². The second kappa shape index (κ2) is 7.31. The van der Waals surface area contributed by atoms with Crippen molar-refractivity contribution in [2.24, 2.45) is 5.73 Å². The maximum atomic E-state index is 5.82. The van der Waals surface area contributed by atoms with Crippen LogP contribution in [0.5, 0.6) is 11.5 Å². The third-order valence-corrected chi connectivity index (χ3v) is 3.75. The summed E-state index contributed by atoms with van der Waals surface area (Å²) in [6.07, 6.45) is 1.75. The molecule has 2 N–H and O–H groups in total. The summed E-state index contributed by atoms with van der Waals surface area (Å²) in [4.78, 5) is 0. The molecule has 1 heterocycles. The fourth-order valence-corrected chi connectivity index (χ4v) is 2.75. The van der Waals surface area contributed by atoms with Crippen molar-refractivity contribution in [2.45, 2.75) is 25.8 Å². The number of hydrogen-bond acceptors (Lipinski definition) is 4. The van der Waals surface area contributed by atoms with Crippen molar-refractivity contribution in [3.8, 4) is 11.5 Å². The molecule has 1 atom stereocenters. The topological polar surface area (TPSA) is 44.5 Å². The molecular weight excluding hydrogens is 270 g/mol. The van der Waals surface area contributed by atoms with Gasteiger partial charge in [0.15, 0.2) is 11.5 Å². The van der Waals surface area contributed by atoms with E-state index in [1.165, 1.54) is 11.1 Å². The third-order valence-electron chi connectivity index (χ3n) is 3.01. The van der Waals surface area contributed by atoms with Crippen LogP contribution in [0.2, 0.25) is 0 Å². The lowest BCUT2D eigenvalue weighted by molar-refractivity contribution is 0.297. The number of ether oxygens (including phenoxy) is 2. The summed E-state index contributed by atoms with van der Waals surface area (Å²) in [7, 11) is 1.66. The van der Waals surface area contributed by atoms with E-state index in [2.05, 4.69) is 16.8 Å². The summed E-state index contributed by atoms with van der Waals surface area (Å²) in [5, 5.41) is 4.23. The minimum absolute atomic E-state index is 0.144. The first-order chi connectivity index (χ1) is 9.69. The zero-order valence-corrected chi connectivity index (χ0v) is 12.8. The predicted molar refractivity (Wildman–Crippen MR) is 83.9 cm³/mol. The number of rotatable bonds is 7. The van der Waals surface area contributed by atoms with Crippen LogP contribution in [0.3, 0.4) is 0 Å². The molecule has 1 unspecified atom stereocenters. The molecule has 0 bridgehead atoms. The van der Waals surface area contributed by atoms with Gasteiger partial charge in [0.05, 0.1) is 13.7 Å². The van der Waals surface area contributed by atoms with Crippen molar-refractivity contribution >= 4 is 11.3 Å². The Balaban J connectivity index is 1.96. The molecule has 0 aliphatic carbocycles. The summed E-state index contributed by atoms with van der Waals surface area (Å²) in [5.74, 6) is 1.56. The highest BCUT2D eigenvalue weighted by Gasteiger charge is 2.07. The van der Waals surface area contributed by atoms with Gasteiger partial charge >= 0.3 is 0 Å². The zero-order valence-electron chi connectivity index (χ0n) is 12.0. The van der Waals surface area contributed by atoms with Crippen molar-refractivity contribution in [1.29, 1.82) is 0 Å². The second-order valence-electron chi connectivity index (χ2n) is 4.90. The van der Waals surface area contributed by atoms with Gasteiger partial charge in [-0.15, -0.1) is 0 Å². The van der Waals surface area contributed by atoms with Gasteiger partial charge in [0.2, 0.25) is 0 Å². The van der Waals surface area contributed by atoms with Gasteiger partial charge < -0.3 is 15.2 Å². The average Bonchev–Trinajstić information content (AvgIpc) is 2.92. The van der Waals surface area contributed by atoms with Gasteiger partial charge in [0, 0.05) is 12.5 Å². The summed E-state index contributed by atoms with van der Waals surface area (Å²) in [6, 6.07) is 8.28. The molecule has 0 fully saturated rings. The molecule has 3 nitrogen and oxygen atoms in total. The van der Waals surface area contributed by atoms with Gasteiger partial charge in [0.1, 0.15) is 0 Å². The first kappa shape index (κ1) is 14.9. The summed E-state index contributed by atoms with van der Waals surface area (Å²) in [5.41, 5.74) is 8.29. The molecule has 108 valence electrons. The Labute approximate surface area is 124 Å². The Morgan fingerprint density at radius 1 is 1.20 bits per heavy atom. The van der Waals surface area contributed by atoms with Crippen molar-refractivity contribution in [2.75, 3.05) is 13.7 Å². The van der Waals surface area contributed by atoms with Gasteiger partial charge in [0.25, 0.3) is 0 Å². The van der Waals surface area contributed by atoms with Crippen molar-refractivity contribution in [3.05, 3.63) is 46.2 Å². The molecule has 2 rings (SSSR count). The van der Waals surface area contributed by atoms with E-state index in [1.807, 2.05) is 25.1 Å². The summed E-state index contributed by atoms with van der Waals surface area (Å²) >= 11 is 1.71. The van der Waals surface area contributed by atoms with E-state index in [-0.39, 0.29) is 6.04 Å². The van der Waals surface area contributed by atoms with Gasteiger partial charge in [-0.25, -0.2) is 0 Å². The smallest absolute Gasteiger partial charge is 0.161 e. The maximum Gasteiger partial charge on any atom is 0.161 e. The van der Waals surface area contributed by atoms with Crippen LogP contribution in [-0.4, -0.2) is 19.8 Å². The molecule has 2 aromatic rings. The third kappa shape index (κ3) is 4.25. The molecule has 0 aliphatic heterocycles. The summed E-state index contributed by atoms with van der Waals surface area (Å²) < 4.78 is 11.2. The fraction of sp³-hybridized carbons (Fsp3) is 0.375. The van der Waals surface area contributed by atoms with Gasteiger partial charge in [-0.2, -0.15) is 11.3 Å². The zero-order chi connectivity index (χ0) is 14.4. The molecule has 0 aliphatic rings.